The molecule has 0 heterocycles. The van der Waals surface area contributed by atoms with E-state index in [-0.39, 0.29) is 16.3 Å². The van der Waals surface area contributed by atoms with Gasteiger partial charge in [0.05, 0.1) is 16.9 Å². The number of para-hydroxylation sites is 1. The maximum Gasteiger partial charge on any atom is 0.240 e. The van der Waals surface area contributed by atoms with Crippen LogP contribution in [0.4, 0.5) is 0 Å². The summed E-state index contributed by atoms with van der Waals surface area (Å²) < 4.78 is 56.2. The average Bonchev–Trinajstić information content (AvgIpc) is 2.54. The summed E-state index contributed by atoms with van der Waals surface area (Å²) in [5, 5.41) is 0. The van der Waals surface area contributed by atoms with Crippen LogP contribution in [0.1, 0.15) is 11.1 Å². The number of sulfonamides is 1. The van der Waals surface area contributed by atoms with Gasteiger partial charge in [-0.05, 0) is 42.7 Å². The second kappa shape index (κ2) is 7.55. The molecule has 2 rings (SSSR count). The Bertz CT molecular complexity index is 966. The maximum atomic E-state index is 12.5. The third-order valence-electron chi connectivity index (χ3n) is 3.76. The summed E-state index contributed by atoms with van der Waals surface area (Å²) in [5.74, 6) is 0.692. The molecule has 0 aromatic heterocycles. The molecular weight excluding hydrogens is 362 g/mol. The Labute approximate surface area is 148 Å². The summed E-state index contributed by atoms with van der Waals surface area (Å²) in [6, 6.07) is 11.4. The fourth-order valence-corrected chi connectivity index (χ4v) is 4.43. The minimum Gasteiger partial charge on any atom is -0.496 e. The second-order valence-electron chi connectivity index (χ2n) is 5.66. The van der Waals surface area contributed by atoms with Crippen LogP contribution < -0.4 is 9.46 Å². The van der Waals surface area contributed by atoms with Gasteiger partial charge >= 0.3 is 0 Å². The van der Waals surface area contributed by atoms with Gasteiger partial charge in [-0.3, -0.25) is 0 Å². The molecule has 0 radical (unpaired) electrons. The lowest BCUT2D eigenvalue weighted by Gasteiger charge is -2.12. The lowest BCUT2D eigenvalue weighted by atomic mass is 10.1. The lowest BCUT2D eigenvalue weighted by molar-refractivity contribution is 0.409. The first kappa shape index (κ1) is 19.4. The summed E-state index contributed by atoms with van der Waals surface area (Å²) in [6.45, 7) is 1.80. The zero-order chi connectivity index (χ0) is 18.7. The van der Waals surface area contributed by atoms with Gasteiger partial charge in [0.15, 0.2) is 9.84 Å². The molecule has 0 amide bonds. The van der Waals surface area contributed by atoms with Gasteiger partial charge < -0.3 is 4.74 Å². The van der Waals surface area contributed by atoms with E-state index in [0.29, 0.717) is 17.7 Å². The van der Waals surface area contributed by atoms with Gasteiger partial charge in [0.1, 0.15) is 5.75 Å². The fourth-order valence-electron chi connectivity index (χ4n) is 2.41. The zero-order valence-electron chi connectivity index (χ0n) is 14.3. The molecule has 8 heteroatoms. The molecule has 0 aliphatic heterocycles. The number of aryl methyl sites for hydroxylation is 1. The number of benzene rings is 2. The molecule has 0 aliphatic carbocycles. The maximum absolute atomic E-state index is 12.5. The van der Waals surface area contributed by atoms with Crippen LogP contribution in [0.25, 0.3) is 0 Å². The average molecular weight is 383 g/mol. The van der Waals surface area contributed by atoms with Gasteiger partial charge in [0.2, 0.25) is 10.0 Å². The number of sulfone groups is 1. The molecule has 1 N–H and O–H groups in total. The van der Waals surface area contributed by atoms with Crippen LogP contribution >= 0.6 is 0 Å². The van der Waals surface area contributed by atoms with E-state index in [9.17, 15) is 16.8 Å². The summed E-state index contributed by atoms with van der Waals surface area (Å²) in [7, 11) is -5.74. The highest BCUT2D eigenvalue weighted by Crippen LogP contribution is 2.21. The van der Waals surface area contributed by atoms with Crippen LogP contribution in [0.3, 0.4) is 0 Å². The number of hydrogen-bond donors (Lipinski definition) is 1. The highest BCUT2D eigenvalue weighted by Gasteiger charge is 2.19. The Morgan fingerprint density at radius 1 is 1.04 bits per heavy atom. The van der Waals surface area contributed by atoms with Crippen molar-refractivity contribution in [2.24, 2.45) is 0 Å². The van der Waals surface area contributed by atoms with Crippen LogP contribution in [-0.2, 0) is 26.3 Å². The van der Waals surface area contributed by atoms with Gasteiger partial charge in [-0.1, -0.05) is 24.3 Å². The monoisotopic (exact) mass is 383 g/mol. The van der Waals surface area contributed by atoms with E-state index in [1.54, 1.807) is 14.0 Å². The smallest absolute Gasteiger partial charge is 0.240 e. The molecule has 0 fully saturated rings. The first-order valence-corrected chi connectivity index (χ1v) is 10.9. The zero-order valence-corrected chi connectivity index (χ0v) is 15.9. The van der Waals surface area contributed by atoms with Crippen LogP contribution in [0, 0.1) is 6.92 Å². The minimum atomic E-state index is -3.82. The largest absolute Gasteiger partial charge is 0.496 e. The van der Waals surface area contributed by atoms with Gasteiger partial charge in [-0.2, -0.15) is 0 Å². The van der Waals surface area contributed by atoms with Crippen molar-refractivity contribution in [2.45, 2.75) is 23.1 Å². The van der Waals surface area contributed by atoms with E-state index in [0.717, 1.165) is 11.8 Å². The van der Waals surface area contributed by atoms with E-state index >= 15 is 0 Å². The Balaban J connectivity index is 2.20. The van der Waals surface area contributed by atoms with Crippen molar-refractivity contribution >= 4 is 19.9 Å². The lowest BCUT2D eigenvalue weighted by Crippen LogP contribution is -2.27. The molecular formula is C17H21NO5S2. The second-order valence-corrected chi connectivity index (χ2v) is 9.41. The number of methoxy groups -OCH3 is 1. The normalized spacial score (nSPS) is 12.1. The summed E-state index contributed by atoms with van der Waals surface area (Å²) in [4.78, 5) is -0.0568. The first-order chi connectivity index (χ1) is 11.6. The number of nitrogens with one attached hydrogen (secondary N) is 1. The molecule has 136 valence electrons. The Morgan fingerprint density at radius 2 is 1.72 bits per heavy atom. The quantitative estimate of drug-likeness (QED) is 0.789. The molecule has 2 aromatic rings. The molecule has 0 aliphatic rings. The van der Waals surface area contributed by atoms with Gasteiger partial charge in [0, 0.05) is 12.8 Å². The highest BCUT2D eigenvalue weighted by atomic mass is 32.2. The van der Waals surface area contributed by atoms with Crippen LogP contribution in [0.2, 0.25) is 0 Å². The third-order valence-corrected chi connectivity index (χ3v) is 6.47. The summed E-state index contributed by atoms with van der Waals surface area (Å²) >= 11 is 0. The molecule has 0 saturated carbocycles. The van der Waals surface area contributed by atoms with Crippen molar-refractivity contribution in [1.82, 2.24) is 4.72 Å². The molecule has 0 bridgehead atoms. The van der Waals surface area contributed by atoms with Crippen molar-refractivity contribution in [3.05, 3.63) is 53.6 Å². The van der Waals surface area contributed by atoms with Gasteiger partial charge in [0.25, 0.3) is 0 Å². The Hall–Kier alpha value is -1.90. The Kier molecular flexibility index (Phi) is 5.87. The van der Waals surface area contributed by atoms with E-state index < -0.39 is 19.9 Å². The minimum absolute atomic E-state index is 0.0248. The van der Waals surface area contributed by atoms with Gasteiger partial charge in [-0.15, -0.1) is 0 Å². The van der Waals surface area contributed by atoms with E-state index in [2.05, 4.69) is 4.72 Å². The van der Waals surface area contributed by atoms with Crippen molar-refractivity contribution in [2.75, 3.05) is 19.9 Å². The number of hydrogen-bond acceptors (Lipinski definition) is 5. The van der Waals surface area contributed by atoms with Crippen LogP contribution in [0.5, 0.6) is 5.75 Å². The summed E-state index contributed by atoms with van der Waals surface area (Å²) in [6.07, 6.45) is 1.50. The highest BCUT2D eigenvalue weighted by molar-refractivity contribution is 7.91. The molecule has 2 aromatic carbocycles. The molecule has 6 nitrogen and oxygen atoms in total. The standard InChI is InChI=1S/C17H21NO5S2/c1-13-8-9-15(24(3,19)20)12-17(13)25(21,22)18-11-10-14-6-4-5-7-16(14)23-2/h4-9,12,18H,10-11H2,1-3H3. The van der Waals surface area contributed by atoms with Crippen molar-refractivity contribution < 1.29 is 21.6 Å². The van der Waals surface area contributed by atoms with Crippen molar-refractivity contribution in [1.29, 1.82) is 0 Å². The molecule has 0 spiro atoms. The Morgan fingerprint density at radius 3 is 2.36 bits per heavy atom. The SMILES string of the molecule is COc1ccccc1CCNS(=O)(=O)c1cc(S(C)(=O)=O)ccc1C. The number of rotatable bonds is 7. The van der Waals surface area contributed by atoms with E-state index in [1.807, 2.05) is 24.3 Å². The van der Waals surface area contributed by atoms with Crippen molar-refractivity contribution in [3.63, 3.8) is 0 Å². The van der Waals surface area contributed by atoms with Crippen LogP contribution in [-0.4, -0.2) is 36.7 Å². The predicted molar refractivity (Wildman–Crippen MR) is 96.2 cm³/mol. The van der Waals surface area contributed by atoms with Crippen molar-refractivity contribution in [3.8, 4) is 5.75 Å². The topological polar surface area (TPSA) is 89.5 Å². The summed E-state index contributed by atoms with van der Waals surface area (Å²) in [5.41, 5.74) is 1.37. The van der Waals surface area contributed by atoms with E-state index in [1.165, 1.54) is 18.2 Å². The number of ether oxygens (including phenoxy) is 1. The molecule has 25 heavy (non-hydrogen) atoms. The third kappa shape index (κ3) is 4.81. The fraction of sp³-hybridized carbons (Fsp3) is 0.294. The predicted octanol–water partition coefficient (Wildman–Crippen LogP) is 1.93. The first-order valence-electron chi connectivity index (χ1n) is 7.57. The van der Waals surface area contributed by atoms with E-state index in [4.69, 9.17) is 4.74 Å². The molecule has 0 unspecified atom stereocenters. The molecule has 0 saturated heterocycles. The van der Waals surface area contributed by atoms with Gasteiger partial charge in [-0.25, -0.2) is 21.6 Å². The van der Waals surface area contributed by atoms with Crippen LogP contribution in [0.15, 0.2) is 52.3 Å². The molecule has 0 atom stereocenters.